The lowest BCUT2D eigenvalue weighted by molar-refractivity contribution is -0.121. The number of carbonyl (C=O) groups excluding carboxylic acids is 1. The molecule has 0 fully saturated rings. The summed E-state index contributed by atoms with van der Waals surface area (Å²) in [7, 11) is -2.21. The monoisotopic (exact) mass is 432 g/mol. The van der Waals surface area contributed by atoms with Crippen LogP contribution in [-0.2, 0) is 14.8 Å². The second-order valence-electron chi connectivity index (χ2n) is 7.37. The standard InChI is InChI=1S/C23H32N2O4S/c1-4-5-6-7-16-24-23(26)17-22(19-10-12-20(29-3)13-11-19)25-30(27,28)21-14-8-18(2)9-15-21/h8-15,22,25H,4-7,16-17H2,1-3H3,(H,24,26)/t22-/m0/s1. The van der Waals surface area contributed by atoms with Crippen molar-refractivity contribution >= 4 is 15.9 Å². The van der Waals surface area contributed by atoms with E-state index in [2.05, 4.69) is 17.0 Å². The molecule has 2 N–H and O–H groups in total. The quantitative estimate of drug-likeness (QED) is 0.494. The summed E-state index contributed by atoms with van der Waals surface area (Å²) in [4.78, 5) is 12.7. The molecule has 2 aromatic carbocycles. The van der Waals surface area contributed by atoms with Crippen molar-refractivity contribution in [2.75, 3.05) is 13.7 Å². The number of rotatable bonds is 12. The van der Waals surface area contributed by atoms with Crippen LogP contribution < -0.4 is 14.8 Å². The molecule has 7 heteroatoms. The van der Waals surface area contributed by atoms with Crippen molar-refractivity contribution in [2.45, 2.75) is 56.9 Å². The van der Waals surface area contributed by atoms with Crippen LogP contribution in [0.5, 0.6) is 5.75 Å². The van der Waals surface area contributed by atoms with E-state index in [4.69, 9.17) is 4.74 Å². The van der Waals surface area contributed by atoms with E-state index >= 15 is 0 Å². The van der Waals surface area contributed by atoms with Crippen LogP contribution >= 0.6 is 0 Å². The molecule has 164 valence electrons. The minimum atomic E-state index is -3.78. The summed E-state index contributed by atoms with van der Waals surface area (Å²) >= 11 is 0. The molecule has 0 aromatic heterocycles. The molecule has 0 saturated heterocycles. The third-order valence-corrected chi connectivity index (χ3v) is 6.38. The Morgan fingerprint density at radius 2 is 1.67 bits per heavy atom. The van der Waals surface area contributed by atoms with E-state index in [9.17, 15) is 13.2 Å². The third-order valence-electron chi connectivity index (χ3n) is 4.89. The summed E-state index contributed by atoms with van der Waals surface area (Å²) in [6, 6.07) is 13.0. The molecule has 0 saturated carbocycles. The number of hydrogen-bond donors (Lipinski definition) is 2. The number of unbranched alkanes of at least 4 members (excludes halogenated alkanes) is 3. The first kappa shape index (κ1) is 23.9. The van der Waals surface area contributed by atoms with Crippen LogP contribution in [-0.4, -0.2) is 28.0 Å². The maximum atomic E-state index is 12.9. The van der Waals surface area contributed by atoms with Gasteiger partial charge in [0.2, 0.25) is 15.9 Å². The van der Waals surface area contributed by atoms with Gasteiger partial charge in [0.25, 0.3) is 0 Å². The van der Waals surface area contributed by atoms with E-state index in [-0.39, 0.29) is 17.2 Å². The van der Waals surface area contributed by atoms with Gasteiger partial charge in [-0.15, -0.1) is 0 Å². The van der Waals surface area contributed by atoms with Crippen molar-refractivity contribution in [2.24, 2.45) is 0 Å². The van der Waals surface area contributed by atoms with Gasteiger partial charge in [-0.3, -0.25) is 4.79 Å². The summed E-state index contributed by atoms with van der Waals surface area (Å²) in [6.07, 6.45) is 4.28. The molecule has 1 amide bonds. The van der Waals surface area contributed by atoms with E-state index in [0.29, 0.717) is 17.9 Å². The van der Waals surface area contributed by atoms with E-state index in [1.54, 1.807) is 55.6 Å². The molecular weight excluding hydrogens is 400 g/mol. The van der Waals surface area contributed by atoms with Crippen LogP contribution in [0, 0.1) is 6.92 Å². The number of ether oxygens (including phenoxy) is 1. The van der Waals surface area contributed by atoms with E-state index < -0.39 is 16.1 Å². The normalized spacial score (nSPS) is 12.4. The number of carbonyl (C=O) groups is 1. The lowest BCUT2D eigenvalue weighted by Gasteiger charge is -2.19. The lowest BCUT2D eigenvalue weighted by Crippen LogP contribution is -2.34. The first-order valence-corrected chi connectivity index (χ1v) is 11.8. The van der Waals surface area contributed by atoms with Crippen molar-refractivity contribution in [1.82, 2.24) is 10.0 Å². The van der Waals surface area contributed by atoms with Gasteiger partial charge in [-0.25, -0.2) is 13.1 Å². The highest BCUT2D eigenvalue weighted by molar-refractivity contribution is 7.89. The molecular formula is C23H32N2O4S. The highest BCUT2D eigenvalue weighted by atomic mass is 32.2. The Morgan fingerprint density at radius 1 is 1.00 bits per heavy atom. The zero-order valence-electron chi connectivity index (χ0n) is 18.0. The number of aryl methyl sites for hydroxylation is 1. The second-order valence-corrected chi connectivity index (χ2v) is 9.09. The van der Waals surface area contributed by atoms with Crippen LogP contribution in [0.2, 0.25) is 0 Å². The maximum absolute atomic E-state index is 12.9. The summed E-state index contributed by atoms with van der Waals surface area (Å²) in [5, 5.41) is 2.90. The molecule has 0 bridgehead atoms. The molecule has 30 heavy (non-hydrogen) atoms. The number of hydrogen-bond acceptors (Lipinski definition) is 4. The Labute approximate surface area is 180 Å². The molecule has 0 spiro atoms. The number of sulfonamides is 1. The zero-order valence-corrected chi connectivity index (χ0v) is 18.8. The Morgan fingerprint density at radius 3 is 2.27 bits per heavy atom. The topological polar surface area (TPSA) is 84.5 Å². The molecule has 2 aromatic rings. The minimum Gasteiger partial charge on any atom is -0.497 e. The fourth-order valence-corrected chi connectivity index (χ4v) is 4.30. The predicted octanol–water partition coefficient (Wildman–Crippen LogP) is 4.11. The third kappa shape index (κ3) is 7.46. The fourth-order valence-electron chi connectivity index (χ4n) is 3.07. The van der Waals surface area contributed by atoms with Crippen molar-refractivity contribution < 1.29 is 17.9 Å². The smallest absolute Gasteiger partial charge is 0.241 e. The molecule has 2 rings (SSSR count). The number of nitrogens with one attached hydrogen (secondary N) is 2. The highest BCUT2D eigenvalue weighted by Gasteiger charge is 2.24. The number of amides is 1. The summed E-state index contributed by atoms with van der Waals surface area (Å²) in [5.74, 6) is 0.484. The van der Waals surface area contributed by atoms with E-state index in [1.165, 1.54) is 0 Å². The van der Waals surface area contributed by atoms with Crippen molar-refractivity contribution in [1.29, 1.82) is 0 Å². The van der Waals surface area contributed by atoms with Gasteiger partial charge < -0.3 is 10.1 Å². The van der Waals surface area contributed by atoms with Crippen molar-refractivity contribution in [3.8, 4) is 5.75 Å². The average Bonchev–Trinajstić information content (AvgIpc) is 2.73. The van der Waals surface area contributed by atoms with Gasteiger partial charge in [-0.2, -0.15) is 0 Å². The summed E-state index contributed by atoms with van der Waals surface area (Å²) in [6.45, 7) is 4.63. The number of benzene rings is 2. The summed E-state index contributed by atoms with van der Waals surface area (Å²) in [5.41, 5.74) is 1.68. The first-order valence-electron chi connectivity index (χ1n) is 10.4. The van der Waals surface area contributed by atoms with E-state index in [0.717, 1.165) is 31.2 Å². The molecule has 0 heterocycles. The van der Waals surface area contributed by atoms with Gasteiger partial charge >= 0.3 is 0 Å². The van der Waals surface area contributed by atoms with Gasteiger partial charge in [-0.1, -0.05) is 56.0 Å². The Balaban J connectivity index is 2.14. The average molecular weight is 433 g/mol. The van der Waals surface area contributed by atoms with Crippen LogP contribution in [0.15, 0.2) is 53.4 Å². The highest BCUT2D eigenvalue weighted by Crippen LogP contribution is 2.23. The van der Waals surface area contributed by atoms with Crippen LogP contribution in [0.25, 0.3) is 0 Å². The van der Waals surface area contributed by atoms with Gasteiger partial charge in [0.1, 0.15) is 5.75 Å². The largest absolute Gasteiger partial charge is 0.497 e. The van der Waals surface area contributed by atoms with Gasteiger partial charge in [-0.05, 0) is 43.2 Å². The Bertz CT molecular complexity index is 894. The van der Waals surface area contributed by atoms with Crippen LogP contribution in [0.4, 0.5) is 0 Å². The van der Waals surface area contributed by atoms with Crippen LogP contribution in [0.3, 0.4) is 0 Å². The molecule has 0 aliphatic carbocycles. The Hall–Kier alpha value is -2.38. The minimum absolute atomic E-state index is 0.0190. The molecule has 0 aliphatic heterocycles. The molecule has 0 radical (unpaired) electrons. The van der Waals surface area contributed by atoms with Crippen molar-refractivity contribution in [3.05, 3.63) is 59.7 Å². The predicted molar refractivity (Wildman–Crippen MR) is 119 cm³/mol. The molecule has 0 aliphatic rings. The number of methoxy groups -OCH3 is 1. The first-order chi connectivity index (χ1) is 14.4. The zero-order chi connectivity index (χ0) is 22.0. The molecule has 6 nitrogen and oxygen atoms in total. The maximum Gasteiger partial charge on any atom is 0.241 e. The van der Waals surface area contributed by atoms with Gasteiger partial charge in [0.15, 0.2) is 0 Å². The van der Waals surface area contributed by atoms with Crippen LogP contribution in [0.1, 0.15) is 56.2 Å². The summed E-state index contributed by atoms with van der Waals surface area (Å²) < 4.78 is 33.7. The van der Waals surface area contributed by atoms with Gasteiger partial charge in [0, 0.05) is 13.0 Å². The lowest BCUT2D eigenvalue weighted by atomic mass is 10.0. The van der Waals surface area contributed by atoms with E-state index in [1.807, 2.05) is 6.92 Å². The molecule has 1 atom stereocenters. The van der Waals surface area contributed by atoms with Gasteiger partial charge in [0.05, 0.1) is 18.0 Å². The van der Waals surface area contributed by atoms with Crippen molar-refractivity contribution in [3.63, 3.8) is 0 Å². The SMILES string of the molecule is CCCCCCNC(=O)C[C@H](NS(=O)(=O)c1ccc(C)cc1)c1ccc(OC)cc1. The fraction of sp³-hybridized carbons (Fsp3) is 0.435. The molecule has 0 unspecified atom stereocenters. The second kappa shape index (κ2) is 11.7. The Kier molecular flexibility index (Phi) is 9.33.